The van der Waals surface area contributed by atoms with Gasteiger partial charge in [0.25, 0.3) is 5.91 Å². The number of thiophene rings is 1. The van der Waals surface area contributed by atoms with Crippen molar-refractivity contribution in [1.82, 2.24) is 9.38 Å². The predicted molar refractivity (Wildman–Crippen MR) is 89.3 cm³/mol. The number of carbonyl (C=O) groups excluding carboxylic acids is 2. The van der Waals surface area contributed by atoms with Crippen LogP contribution in [0, 0.1) is 0 Å². The quantitative estimate of drug-likeness (QED) is 0.670. The molecule has 0 saturated carbocycles. The van der Waals surface area contributed by atoms with Crippen LogP contribution in [0.1, 0.15) is 16.6 Å². The smallest absolute Gasteiger partial charge is 0.411 e. The molecule has 4 N–H and O–H groups in total. The van der Waals surface area contributed by atoms with Crippen molar-refractivity contribution < 1.29 is 19.4 Å². The molecule has 0 fully saturated rings. The van der Waals surface area contributed by atoms with Crippen molar-refractivity contribution >= 4 is 34.7 Å². The Kier molecular flexibility index (Phi) is 4.09. The van der Waals surface area contributed by atoms with Crippen LogP contribution in [-0.4, -0.2) is 33.1 Å². The van der Waals surface area contributed by atoms with Crippen LogP contribution in [0.25, 0.3) is 16.2 Å². The van der Waals surface area contributed by atoms with Gasteiger partial charge in [-0.3, -0.25) is 14.5 Å². The number of rotatable bonds is 4. The van der Waals surface area contributed by atoms with Crippen LogP contribution < -0.4 is 11.1 Å². The number of nitrogens with zero attached hydrogens (tertiary/aromatic N) is 2. The summed E-state index contributed by atoms with van der Waals surface area (Å²) in [6.07, 6.45) is 2.79. The summed E-state index contributed by atoms with van der Waals surface area (Å²) in [5.74, 6) is -0.837. The van der Waals surface area contributed by atoms with Crippen molar-refractivity contribution in [2.24, 2.45) is 5.73 Å². The van der Waals surface area contributed by atoms with Crippen LogP contribution in [-0.2, 0) is 4.74 Å². The number of carbonyl (C=O) groups is 2. The van der Waals surface area contributed by atoms with E-state index in [0.29, 0.717) is 21.9 Å². The van der Waals surface area contributed by atoms with Gasteiger partial charge in [-0.1, -0.05) is 0 Å². The molecule has 2 amide bonds. The SMILES string of the molecule is CCOC(=O)Nc1ccn2c(-c3cc(O)c(C(N)=O)s3)cnc2c1. The topological polar surface area (TPSA) is 119 Å². The van der Waals surface area contributed by atoms with Gasteiger partial charge in [0.15, 0.2) is 0 Å². The molecule has 24 heavy (non-hydrogen) atoms. The van der Waals surface area contributed by atoms with Crippen LogP contribution in [0.3, 0.4) is 0 Å². The highest BCUT2D eigenvalue weighted by Crippen LogP contribution is 2.35. The third kappa shape index (κ3) is 2.88. The molecule has 9 heteroatoms. The lowest BCUT2D eigenvalue weighted by molar-refractivity contribution is 0.100. The minimum atomic E-state index is -0.682. The van der Waals surface area contributed by atoms with E-state index >= 15 is 0 Å². The first-order chi connectivity index (χ1) is 11.5. The summed E-state index contributed by atoms with van der Waals surface area (Å²) < 4.78 is 6.59. The van der Waals surface area contributed by atoms with Crippen molar-refractivity contribution in [1.29, 1.82) is 0 Å². The molecule has 0 aliphatic carbocycles. The molecule has 0 aromatic carbocycles. The number of imidazole rings is 1. The van der Waals surface area contributed by atoms with Gasteiger partial charge in [0.1, 0.15) is 16.3 Å². The number of nitrogens with one attached hydrogen (secondary N) is 1. The molecule has 0 aliphatic heterocycles. The highest BCUT2D eigenvalue weighted by atomic mass is 32.1. The van der Waals surface area contributed by atoms with Gasteiger partial charge in [0.2, 0.25) is 0 Å². The first-order valence-corrected chi connectivity index (χ1v) is 7.85. The Bertz CT molecular complexity index is 931. The van der Waals surface area contributed by atoms with Crippen LogP contribution in [0.4, 0.5) is 10.5 Å². The molecule has 0 bridgehead atoms. The molecule has 0 atom stereocenters. The Balaban J connectivity index is 1.95. The number of ether oxygens (including phenoxy) is 1. The summed E-state index contributed by atoms with van der Waals surface area (Å²) in [5, 5.41) is 12.4. The third-order valence-electron chi connectivity index (χ3n) is 3.22. The zero-order chi connectivity index (χ0) is 17.3. The van der Waals surface area contributed by atoms with Gasteiger partial charge in [0.05, 0.1) is 23.4 Å². The molecule has 0 saturated heterocycles. The molecule has 3 heterocycles. The van der Waals surface area contributed by atoms with E-state index in [1.165, 1.54) is 6.07 Å². The lowest BCUT2D eigenvalue weighted by Crippen LogP contribution is -2.13. The number of amides is 2. The maximum atomic E-state index is 11.4. The molecule has 0 spiro atoms. The van der Waals surface area contributed by atoms with Gasteiger partial charge in [0, 0.05) is 24.0 Å². The van der Waals surface area contributed by atoms with Crippen LogP contribution >= 0.6 is 11.3 Å². The number of pyridine rings is 1. The second-order valence-corrected chi connectivity index (χ2v) is 5.87. The maximum Gasteiger partial charge on any atom is 0.411 e. The summed E-state index contributed by atoms with van der Waals surface area (Å²) in [5.41, 5.74) is 7.05. The zero-order valence-electron chi connectivity index (χ0n) is 12.6. The summed E-state index contributed by atoms with van der Waals surface area (Å²) >= 11 is 1.09. The molecule has 8 nitrogen and oxygen atoms in total. The average molecular weight is 346 g/mol. The Morgan fingerprint density at radius 1 is 1.46 bits per heavy atom. The van der Waals surface area contributed by atoms with Gasteiger partial charge in [-0.15, -0.1) is 11.3 Å². The van der Waals surface area contributed by atoms with E-state index in [9.17, 15) is 14.7 Å². The van der Waals surface area contributed by atoms with Crippen molar-refractivity contribution in [2.45, 2.75) is 6.92 Å². The molecule has 3 aromatic heterocycles. The molecular weight excluding hydrogens is 332 g/mol. The second kappa shape index (κ2) is 6.20. The van der Waals surface area contributed by atoms with E-state index in [2.05, 4.69) is 10.3 Å². The van der Waals surface area contributed by atoms with Gasteiger partial charge >= 0.3 is 6.09 Å². The van der Waals surface area contributed by atoms with Crippen molar-refractivity contribution in [3.63, 3.8) is 0 Å². The number of aromatic hydroxyl groups is 1. The standard InChI is InChI=1S/C15H14N4O4S/c1-2-23-15(22)18-8-3-4-19-9(7-17-12(19)5-8)11-6-10(20)13(24-11)14(16)21/h3-7,20H,2H2,1H3,(H2,16,21)(H,18,22). The largest absolute Gasteiger partial charge is 0.506 e. The van der Waals surface area contributed by atoms with Gasteiger partial charge in [-0.25, -0.2) is 9.78 Å². The van der Waals surface area contributed by atoms with Crippen LogP contribution in [0.2, 0.25) is 0 Å². The van der Waals surface area contributed by atoms with Crippen molar-refractivity contribution in [3.8, 4) is 16.3 Å². The van der Waals surface area contributed by atoms with Crippen LogP contribution in [0.15, 0.2) is 30.6 Å². The number of primary amides is 1. The minimum Gasteiger partial charge on any atom is -0.506 e. The Labute approximate surface area is 140 Å². The second-order valence-electron chi connectivity index (χ2n) is 4.82. The molecule has 0 radical (unpaired) electrons. The number of nitrogens with two attached hydrogens (primary N) is 1. The van der Waals surface area contributed by atoms with E-state index in [-0.39, 0.29) is 17.2 Å². The molecule has 3 aromatic rings. The number of anilines is 1. The van der Waals surface area contributed by atoms with Gasteiger partial charge in [-0.2, -0.15) is 0 Å². The Morgan fingerprint density at radius 3 is 2.92 bits per heavy atom. The Hall–Kier alpha value is -3.07. The lowest BCUT2D eigenvalue weighted by atomic mass is 10.3. The predicted octanol–water partition coefficient (Wildman–Crippen LogP) is 2.44. The maximum absolute atomic E-state index is 11.4. The van der Waals surface area contributed by atoms with E-state index in [1.807, 2.05) is 0 Å². The summed E-state index contributed by atoms with van der Waals surface area (Å²) in [6.45, 7) is 2.01. The van der Waals surface area contributed by atoms with E-state index in [4.69, 9.17) is 10.5 Å². The first kappa shape index (κ1) is 15.8. The number of fused-ring (bicyclic) bond motifs is 1. The monoisotopic (exact) mass is 346 g/mol. The number of hydrogen-bond donors (Lipinski definition) is 3. The van der Waals surface area contributed by atoms with E-state index in [1.54, 1.807) is 35.9 Å². The highest BCUT2D eigenvalue weighted by Gasteiger charge is 2.16. The minimum absolute atomic E-state index is 0.0977. The average Bonchev–Trinajstić information content (AvgIpc) is 3.10. The third-order valence-corrected chi connectivity index (χ3v) is 4.39. The zero-order valence-corrected chi connectivity index (χ0v) is 13.5. The fraction of sp³-hybridized carbons (Fsp3) is 0.133. The van der Waals surface area contributed by atoms with Gasteiger partial charge in [-0.05, 0) is 13.0 Å². The molecule has 124 valence electrons. The normalized spacial score (nSPS) is 10.7. The van der Waals surface area contributed by atoms with Gasteiger partial charge < -0.3 is 15.6 Å². The Morgan fingerprint density at radius 2 is 2.25 bits per heavy atom. The van der Waals surface area contributed by atoms with Crippen LogP contribution in [0.5, 0.6) is 5.75 Å². The van der Waals surface area contributed by atoms with Crippen molar-refractivity contribution in [3.05, 3.63) is 35.5 Å². The number of aromatic nitrogens is 2. The van der Waals surface area contributed by atoms with E-state index in [0.717, 1.165) is 11.3 Å². The van der Waals surface area contributed by atoms with Crippen molar-refractivity contribution in [2.75, 3.05) is 11.9 Å². The molecule has 3 rings (SSSR count). The lowest BCUT2D eigenvalue weighted by Gasteiger charge is -2.06. The number of hydrogen-bond acceptors (Lipinski definition) is 6. The highest BCUT2D eigenvalue weighted by molar-refractivity contribution is 7.17. The fourth-order valence-corrected chi connectivity index (χ4v) is 3.12. The fourth-order valence-electron chi connectivity index (χ4n) is 2.21. The summed E-state index contributed by atoms with van der Waals surface area (Å²) in [4.78, 5) is 27.7. The van der Waals surface area contributed by atoms with E-state index < -0.39 is 12.0 Å². The summed E-state index contributed by atoms with van der Waals surface area (Å²) in [7, 11) is 0. The molecule has 0 unspecified atom stereocenters. The molecule has 0 aliphatic rings. The first-order valence-electron chi connectivity index (χ1n) is 7.03. The molecular formula is C15H14N4O4S. The summed E-state index contributed by atoms with van der Waals surface area (Å²) in [6, 6.07) is 4.85.